The number of fused-ring (bicyclic) bond motifs is 4. The van der Waals surface area contributed by atoms with Crippen molar-refractivity contribution in [3.63, 3.8) is 0 Å². The lowest BCUT2D eigenvalue weighted by Crippen LogP contribution is -2.29. The van der Waals surface area contributed by atoms with Crippen LogP contribution in [-0.2, 0) is 10.0 Å². The van der Waals surface area contributed by atoms with E-state index in [0.717, 1.165) is 26.1 Å². The first-order valence-electron chi connectivity index (χ1n) is 15.3. The molecule has 47 heavy (non-hydrogen) atoms. The average molecular weight is 653 g/mol. The van der Waals surface area contributed by atoms with Gasteiger partial charge in [-0.3, -0.25) is 19.2 Å². The highest BCUT2D eigenvalue weighted by Gasteiger charge is 2.37. The molecule has 11 heteroatoms. The van der Waals surface area contributed by atoms with E-state index in [0.29, 0.717) is 17.7 Å². The standard InChI is InChI=1S/C28H16N2O4.C8H20N2O2S/c29-19-11-9-13(21-23(19)27(33)17-7-3-1-5-15(17)25(21)31)14-10-12-20(30)24-22(14)26(32)16-6-2-4-8-18(16)28(24)34;1-4-10(5-2)8-6-7-9-13(3,11)12/h1-12H,29-30H2;9H,4-8H2,1-3H3. The lowest BCUT2D eigenvalue weighted by atomic mass is 9.76. The van der Waals surface area contributed by atoms with Gasteiger partial charge in [-0.1, -0.05) is 74.5 Å². The smallest absolute Gasteiger partial charge is 0.208 e. The Morgan fingerprint density at radius 2 is 0.936 bits per heavy atom. The fourth-order valence-corrected chi connectivity index (χ4v) is 6.56. The molecule has 2 aliphatic rings. The lowest BCUT2D eigenvalue weighted by molar-refractivity contribution is 0.0978. The molecule has 242 valence electrons. The van der Waals surface area contributed by atoms with Gasteiger partial charge in [-0.15, -0.1) is 0 Å². The molecule has 6 rings (SSSR count). The number of nitrogen functional groups attached to an aromatic ring is 2. The third-order valence-electron chi connectivity index (χ3n) is 8.42. The van der Waals surface area contributed by atoms with E-state index in [9.17, 15) is 27.6 Å². The SMILES string of the molecule is CCN(CC)CCCNS(C)(=O)=O.Nc1ccc(-c2ccc(N)c3c2C(=O)c2ccccc2C3=O)c2c1C(=O)c1ccccc1C2=O. The van der Waals surface area contributed by atoms with Crippen LogP contribution < -0.4 is 16.2 Å². The molecule has 0 aliphatic heterocycles. The first-order chi connectivity index (χ1) is 22.4. The van der Waals surface area contributed by atoms with Crippen molar-refractivity contribution >= 4 is 44.5 Å². The predicted molar refractivity (Wildman–Crippen MR) is 183 cm³/mol. The summed E-state index contributed by atoms with van der Waals surface area (Å²) in [6, 6.07) is 19.4. The average Bonchev–Trinajstić information content (AvgIpc) is 3.06. The summed E-state index contributed by atoms with van der Waals surface area (Å²) in [6.45, 7) is 7.75. The summed E-state index contributed by atoms with van der Waals surface area (Å²) < 4.78 is 23.9. The monoisotopic (exact) mass is 652 g/mol. The van der Waals surface area contributed by atoms with Crippen LogP contribution in [0.4, 0.5) is 11.4 Å². The topological polar surface area (TPSA) is 170 Å². The molecule has 0 spiro atoms. The van der Waals surface area contributed by atoms with Crippen LogP contribution in [0.1, 0.15) is 84.0 Å². The van der Waals surface area contributed by atoms with Gasteiger partial charge in [0, 0.05) is 51.3 Å². The number of hydrogen-bond acceptors (Lipinski definition) is 9. The van der Waals surface area contributed by atoms with Gasteiger partial charge < -0.3 is 16.4 Å². The van der Waals surface area contributed by atoms with Gasteiger partial charge in [-0.25, -0.2) is 13.1 Å². The maximum atomic E-state index is 13.6. The molecule has 4 aromatic rings. The summed E-state index contributed by atoms with van der Waals surface area (Å²) in [5.41, 5.74) is 14.9. The zero-order valence-corrected chi connectivity index (χ0v) is 27.2. The number of nitrogens with zero attached hydrogens (tertiary/aromatic N) is 1. The Hall–Kier alpha value is -4.97. The molecule has 0 saturated heterocycles. The van der Waals surface area contributed by atoms with Crippen LogP contribution in [0.25, 0.3) is 11.1 Å². The molecule has 0 atom stereocenters. The summed E-state index contributed by atoms with van der Waals surface area (Å²) in [4.78, 5) is 56.1. The molecule has 5 N–H and O–H groups in total. The number of nitrogens with two attached hydrogens (primary N) is 2. The van der Waals surface area contributed by atoms with Crippen LogP contribution >= 0.6 is 0 Å². The minimum Gasteiger partial charge on any atom is -0.398 e. The van der Waals surface area contributed by atoms with Crippen molar-refractivity contribution in [1.82, 2.24) is 9.62 Å². The van der Waals surface area contributed by atoms with Crippen molar-refractivity contribution in [3.05, 3.63) is 117 Å². The normalized spacial score (nSPS) is 13.4. The van der Waals surface area contributed by atoms with Crippen molar-refractivity contribution in [2.45, 2.75) is 20.3 Å². The van der Waals surface area contributed by atoms with Crippen LogP contribution in [0.3, 0.4) is 0 Å². The first-order valence-corrected chi connectivity index (χ1v) is 17.2. The Morgan fingerprint density at radius 1 is 0.574 bits per heavy atom. The van der Waals surface area contributed by atoms with E-state index in [4.69, 9.17) is 11.5 Å². The summed E-state index contributed by atoms with van der Waals surface area (Å²) in [7, 11) is -3.00. The minimum atomic E-state index is -3.00. The quantitative estimate of drug-likeness (QED) is 0.160. The highest BCUT2D eigenvalue weighted by Crippen LogP contribution is 2.42. The van der Waals surface area contributed by atoms with Gasteiger partial charge in [-0.05, 0) is 49.3 Å². The summed E-state index contributed by atoms with van der Waals surface area (Å²) >= 11 is 0. The minimum absolute atomic E-state index is 0.0989. The lowest BCUT2D eigenvalue weighted by Gasteiger charge is -2.25. The van der Waals surface area contributed by atoms with E-state index in [1.165, 1.54) is 6.26 Å². The number of anilines is 2. The number of rotatable bonds is 8. The molecule has 2 aliphatic carbocycles. The zero-order valence-electron chi connectivity index (χ0n) is 26.4. The van der Waals surface area contributed by atoms with Crippen molar-refractivity contribution in [3.8, 4) is 11.1 Å². The van der Waals surface area contributed by atoms with Crippen LogP contribution in [-0.4, -0.2) is 68.9 Å². The molecule has 0 bridgehead atoms. The molecular formula is C36H36N4O6S. The molecule has 0 aromatic heterocycles. The third kappa shape index (κ3) is 6.37. The molecular weight excluding hydrogens is 616 g/mol. The Balaban J connectivity index is 0.000000285. The van der Waals surface area contributed by atoms with E-state index in [1.807, 2.05) is 0 Å². The second-order valence-corrected chi connectivity index (χ2v) is 13.2. The van der Waals surface area contributed by atoms with Crippen molar-refractivity contribution in [2.24, 2.45) is 0 Å². The highest BCUT2D eigenvalue weighted by molar-refractivity contribution is 7.88. The largest absolute Gasteiger partial charge is 0.398 e. The maximum Gasteiger partial charge on any atom is 0.208 e. The number of hydrogen-bond donors (Lipinski definition) is 3. The zero-order chi connectivity index (χ0) is 34.0. The van der Waals surface area contributed by atoms with Crippen LogP contribution in [0.5, 0.6) is 0 Å². The van der Waals surface area contributed by atoms with Gasteiger partial charge >= 0.3 is 0 Å². The van der Waals surface area contributed by atoms with E-state index in [1.54, 1.807) is 72.8 Å². The van der Waals surface area contributed by atoms with E-state index >= 15 is 0 Å². The Bertz CT molecular complexity index is 1930. The Kier molecular flexibility index (Phi) is 9.53. The molecule has 0 fully saturated rings. The molecule has 4 aromatic carbocycles. The van der Waals surface area contributed by atoms with Crippen molar-refractivity contribution in [1.29, 1.82) is 0 Å². The van der Waals surface area contributed by atoms with Crippen LogP contribution in [0, 0.1) is 0 Å². The molecule has 0 heterocycles. The van der Waals surface area contributed by atoms with E-state index < -0.39 is 10.0 Å². The second kappa shape index (κ2) is 13.4. The van der Waals surface area contributed by atoms with E-state index in [-0.39, 0.29) is 79.0 Å². The number of carbonyl (C=O) groups is 4. The van der Waals surface area contributed by atoms with E-state index in [2.05, 4.69) is 23.5 Å². The Labute approximate surface area is 273 Å². The predicted octanol–water partition coefficient (Wildman–Crippen LogP) is 4.34. The van der Waals surface area contributed by atoms with Crippen molar-refractivity contribution in [2.75, 3.05) is 43.9 Å². The summed E-state index contributed by atoms with van der Waals surface area (Å²) in [6.07, 6.45) is 2.05. The molecule has 0 saturated carbocycles. The highest BCUT2D eigenvalue weighted by atomic mass is 32.2. The molecule has 0 radical (unpaired) electrons. The molecule has 10 nitrogen and oxygen atoms in total. The summed E-state index contributed by atoms with van der Waals surface area (Å²) in [5.74, 6) is -1.45. The first kappa shape index (κ1) is 33.4. The fourth-order valence-electron chi connectivity index (χ4n) is 6.04. The number of benzene rings is 4. The third-order valence-corrected chi connectivity index (χ3v) is 9.14. The molecule has 0 amide bonds. The van der Waals surface area contributed by atoms with Gasteiger partial charge in [0.1, 0.15) is 0 Å². The van der Waals surface area contributed by atoms with Gasteiger partial charge in [0.15, 0.2) is 23.1 Å². The fraction of sp³-hybridized carbons (Fsp3) is 0.222. The Morgan fingerprint density at radius 3 is 1.28 bits per heavy atom. The second-order valence-electron chi connectivity index (χ2n) is 11.4. The van der Waals surface area contributed by atoms with Crippen LogP contribution in [0.15, 0.2) is 72.8 Å². The van der Waals surface area contributed by atoms with Crippen LogP contribution in [0.2, 0.25) is 0 Å². The maximum absolute atomic E-state index is 13.6. The number of carbonyl (C=O) groups excluding carboxylic acids is 4. The number of ketones is 4. The van der Waals surface area contributed by atoms with Crippen molar-refractivity contribution < 1.29 is 27.6 Å². The summed E-state index contributed by atoms with van der Waals surface area (Å²) in [5, 5.41) is 0. The van der Waals surface area contributed by atoms with Gasteiger partial charge in [0.25, 0.3) is 0 Å². The molecule has 0 unspecified atom stereocenters. The van der Waals surface area contributed by atoms with Gasteiger partial charge in [0.2, 0.25) is 10.0 Å². The van der Waals surface area contributed by atoms with Gasteiger partial charge in [0.05, 0.1) is 17.4 Å². The number of sulfonamides is 1. The van der Waals surface area contributed by atoms with Gasteiger partial charge in [-0.2, -0.15) is 0 Å². The number of nitrogens with one attached hydrogen (secondary N) is 1.